The molecule has 1 aliphatic rings. The molecule has 0 bridgehead atoms. The SMILES string of the molecule is COc1ccc(OC)c2c1CN(C(=O)NCCCN(C)C)C[C@@H]2O. The molecule has 0 unspecified atom stereocenters. The third-order valence-corrected chi connectivity index (χ3v) is 4.13. The van der Waals surface area contributed by atoms with Crippen molar-refractivity contribution in [1.82, 2.24) is 15.1 Å². The predicted octanol–water partition coefficient (Wildman–Crippen LogP) is 1.21. The van der Waals surface area contributed by atoms with E-state index in [-0.39, 0.29) is 12.6 Å². The molecule has 2 amide bonds. The van der Waals surface area contributed by atoms with Gasteiger partial charge in [-0.2, -0.15) is 0 Å². The number of amides is 2. The molecule has 0 aliphatic carbocycles. The van der Waals surface area contributed by atoms with Gasteiger partial charge < -0.3 is 29.7 Å². The van der Waals surface area contributed by atoms with Gasteiger partial charge in [0.25, 0.3) is 0 Å². The molecular weight excluding hydrogens is 310 g/mol. The summed E-state index contributed by atoms with van der Waals surface area (Å²) in [5, 5.41) is 13.4. The number of β-amino-alcohol motifs (C(OH)–C–C–N with tert-alkyl or cyclic N) is 1. The third-order valence-electron chi connectivity index (χ3n) is 4.13. The summed E-state index contributed by atoms with van der Waals surface area (Å²) in [6.07, 6.45) is 0.0781. The Kier molecular flexibility index (Phi) is 6.28. The zero-order chi connectivity index (χ0) is 17.7. The van der Waals surface area contributed by atoms with E-state index in [4.69, 9.17) is 9.47 Å². The molecule has 1 aliphatic heterocycles. The van der Waals surface area contributed by atoms with E-state index in [1.807, 2.05) is 14.1 Å². The van der Waals surface area contributed by atoms with E-state index in [1.165, 1.54) is 0 Å². The summed E-state index contributed by atoms with van der Waals surface area (Å²) in [5.41, 5.74) is 1.49. The van der Waals surface area contributed by atoms with E-state index < -0.39 is 6.10 Å². The molecule has 7 nitrogen and oxygen atoms in total. The number of aliphatic hydroxyl groups excluding tert-OH is 1. The van der Waals surface area contributed by atoms with Gasteiger partial charge in [-0.1, -0.05) is 0 Å². The number of fused-ring (bicyclic) bond motifs is 1. The van der Waals surface area contributed by atoms with Crippen molar-refractivity contribution in [2.75, 3.05) is 47.9 Å². The van der Waals surface area contributed by atoms with Crippen molar-refractivity contribution >= 4 is 6.03 Å². The lowest BCUT2D eigenvalue weighted by molar-refractivity contribution is 0.101. The number of hydrogen-bond donors (Lipinski definition) is 2. The monoisotopic (exact) mass is 337 g/mol. The molecule has 1 atom stereocenters. The molecule has 134 valence electrons. The number of ether oxygens (including phenoxy) is 2. The van der Waals surface area contributed by atoms with Crippen molar-refractivity contribution in [3.8, 4) is 11.5 Å². The molecule has 24 heavy (non-hydrogen) atoms. The highest BCUT2D eigenvalue weighted by molar-refractivity contribution is 5.75. The standard InChI is InChI=1S/C17H27N3O4/c1-19(2)9-5-8-18-17(22)20-10-12-14(23-3)6-7-15(24-4)16(12)13(21)11-20/h6-7,13,21H,5,8-11H2,1-4H3,(H,18,22)/t13-/m0/s1. The zero-order valence-corrected chi connectivity index (χ0v) is 14.8. The van der Waals surface area contributed by atoms with Gasteiger partial charge in [0.05, 0.1) is 27.3 Å². The molecule has 0 aromatic heterocycles. The fraction of sp³-hybridized carbons (Fsp3) is 0.588. The number of carbonyl (C=O) groups excluding carboxylic acids is 1. The van der Waals surface area contributed by atoms with E-state index in [9.17, 15) is 9.90 Å². The van der Waals surface area contributed by atoms with Gasteiger partial charge in [-0.15, -0.1) is 0 Å². The van der Waals surface area contributed by atoms with Crippen molar-refractivity contribution in [2.45, 2.75) is 19.1 Å². The second-order valence-corrected chi connectivity index (χ2v) is 6.15. The Morgan fingerprint density at radius 1 is 1.33 bits per heavy atom. The van der Waals surface area contributed by atoms with Crippen LogP contribution in [-0.4, -0.2) is 68.9 Å². The average Bonchev–Trinajstić information content (AvgIpc) is 2.57. The lowest BCUT2D eigenvalue weighted by atomic mass is 9.95. The summed E-state index contributed by atoms with van der Waals surface area (Å²) in [6.45, 7) is 2.13. The van der Waals surface area contributed by atoms with Gasteiger partial charge in [-0.05, 0) is 39.2 Å². The molecule has 2 N–H and O–H groups in total. The summed E-state index contributed by atoms with van der Waals surface area (Å²) < 4.78 is 10.7. The summed E-state index contributed by atoms with van der Waals surface area (Å²) in [5.74, 6) is 1.26. The van der Waals surface area contributed by atoms with E-state index in [1.54, 1.807) is 31.3 Å². The van der Waals surface area contributed by atoms with Crippen LogP contribution in [0.15, 0.2) is 12.1 Å². The molecule has 0 saturated carbocycles. The van der Waals surface area contributed by atoms with Gasteiger partial charge in [0.2, 0.25) is 0 Å². The van der Waals surface area contributed by atoms with Crippen LogP contribution in [0.3, 0.4) is 0 Å². The fourth-order valence-corrected chi connectivity index (χ4v) is 2.93. The minimum absolute atomic E-state index is 0.177. The summed E-state index contributed by atoms with van der Waals surface area (Å²) in [4.78, 5) is 16.0. The number of methoxy groups -OCH3 is 2. The summed E-state index contributed by atoms with van der Waals surface area (Å²) >= 11 is 0. The molecular formula is C17H27N3O4. The van der Waals surface area contributed by atoms with Crippen LogP contribution in [0.4, 0.5) is 4.79 Å². The van der Waals surface area contributed by atoms with E-state index in [0.29, 0.717) is 30.2 Å². The van der Waals surface area contributed by atoms with Gasteiger partial charge in [0, 0.05) is 17.7 Å². The van der Waals surface area contributed by atoms with Crippen LogP contribution in [0.1, 0.15) is 23.7 Å². The molecule has 0 spiro atoms. The number of carbonyl (C=O) groups is 1. The first kappa shape index (κ1) is 18.4. The number of hydrogen-bond acceptors (Lipinski definition) is 5. The molecule has 7 heteroatoms. The maximum absolute atomic E-state index is 12.4. The van der Waals surface area contributed by atoms with Crippen LogP contribution < -0.4 is 14.8 Å². The van der Waals surface area contributed by atoms with Crippen LogP contribution in [0, 0.1) is 0 Å². The third kappa shape index (κ3) is 4.10. The van der Waals surface area contributed by atoms with Gasteiger partial charge in [-0.3, -0.25) is 0 Å². The van der Waals surface area contributed by atoms with E-state index in [2.05, 4.69) is 10.2 Å². The summed E-state index contributed by atoms with van der Waals surface area (Å²) in [7, 11) is 7.15. The van der Waals surface area contributed by atoms with Gasteiger partial charge >= 0.3 is 6.03 Å². The number of aliphatic hydroxyl groups is 1. The maximum atomic E-state index is 12.4. The molecule has 0 radical (unpaired) electrons. The molecule has 0 fully saturated rings. The molecule has 1 aromatic rings. The molecule has 1 aromatic carbocycles. The van der Waals surface area contributed by atoms with Crippen molar-refractivity contribution < 1.29 is 19.4 Å². The first-order chi connectivity index (χ1) is 11.5. The molecule has 2 rings (SSSR count). The number of rotatable bonds is 6. The Morgan fingerprint density at radius 3 is 2.62 bits per heavy atom. The second-order valence-electron chi connectivity index (χ2n) is 6.15. The number of benzene rings is 1. The molecule has 0 saturated heterocycles. The van der Waals surface area contributed by atoms with Crippen LogP contribution >= 0.6 is 0 Å². The van der Waals surface area contributed by atoms with Crippen LogP contribution in [0.5, 0.6) is 11.5 Å². The fourth-order valence-electron chi connectivity index (χ4n) is 2.93. The smallest absolute Gasteiger partial charge is 0.317 e. The van der Waals surface area contributed by atoms with E-state index >= 15 is 0 Å². The predicted molar refractivity (Wildman–Crippen MR) is 91.5 cm³/mol. The maximum Gasteiger partial charge on any atom is 0.317 e. The van der Waals surface area contributed by atoms with Crippen molar-refractivity contribution in [3.05, 3.63) is 23.3 Å². The number of urea groups is 1. The van der Waals surface area contributed by atoms with Gasteiger partial charge in [0.15, 0.2) is 0 Å². The highest BCUT2D eigenvalue weighted by Gasteiger charge is 2.31. The van der Waals surface area contributed by atoms with Crippen molar-refractivity contribution in [1.29, 1.82) is 0 Å². The normalized spacial score (nSPS) is 16.8. The minimum atomic E-state index is -0.800. The second kappa shape index (κ2) is 8.21. The first-order valence-electron chi connectivity index (χ1n) is 8.07. The van der Waals surface area contributed by atoms with Gasteiger partial charge in [-0.25, -0.2) is 4.79 Å². The van der Waals surface area contributed by atoms with Crippen LogP contribution in [-0.2, 0) is 6.54 Å². The Labute approximate surface area is 143 Å². The Morgan fingerprint density at radius 2 is 2.00 bits per heavy atom. The topological polar surface area (TPSA) is 74.3 Å². The van der Waals surface area contributed by atoms with Crippen molar-refractivity contribution in [3.63, 3.8) is 0 Å². The summed E-state index contributed by atoms with van der Waals surface area (Å²) in [6, 6.07) is 3.39. The lowest BCUT2D eigenvalue weighted by Gasteiger charge is -2.34. The van der Waals surface area contributed by atoms with Crippen molar-refractivity contribution in [2.24, 2.45) is 0 Å². The zero-order valence-electron chi connectivity index (χ0n) is 14.8. The quantitative estimate of drug-likeness (QED) is 0.764. The largest absolute Gasteiger partial charge is 0.496 e. The highest BCUT2D eigenvalue weighted by atomic mass is 16.5. The Hall–Kier alpha value is -1.99. The van der Waals surface area contributed by atoms with E-state index in [0.717, 1.165) is 18.5 Å². The number of nitrogens with zero attached hydrogens (tertiary/aromatic N) is 2. The average molecular weight is 337 g/mol. The number of nitrogens with one attached hydrogen (secondary N) is 1. The van der Waals surface area contributed by atoms with Crippen LogP contribution in [0.2, 0.25) is 0 Å². The Balaban J connectivity index is 2.09. The first-order valence-corrected chi connectivity index (χ1v) is 8.07. The molecule has 1 heterocycles. The van der Waals surface area contributed by atoms with Gasteiger partial charge in [0.1, 0.15) is 17.6 Å². The highest BCUT2D eigenvalue weighted by Crippen LogP contribution is 2.39. The minimum Gasteiger partial charge on any atom is -0.496 e. The van der Waals surface area contributed by atoms with Crippen LogP contribution in [0.25, 0.3) is 0 Å². The lowest BCUT2D eigenvalue weighted by Crippen LogP contribution is -2.44. The Bertz CT molecular complexity index is 577.